The smallest absolute Gasteiger partial charge is 0.225 e. The molecule has 2 aliphatic rings. The van der Waals surface area contributed by atoms with Crippen LogP contribution in [0.3, 0.4) is 0 Å². The molecule has 1 heterocycles. The lowest BCUT2D eigenvalue weighted by molar-refractivity contribution is -0.127. The Balaban J connectivity index is 0.00000120. The number of fused-ring (bicyclic) bond motifs is 2. The van der Waals surface area contributed by atoms with E-state index in [2.05, 4.69) is 10.7 Å². The molecular formula is C13H19ClN2OS. The summed E-state index contributed by atoms with van der Waals surface area (Å²) in [7, 11) is 0. The van der Waals surface area contributed by atoms with Crippen LogP contribution < -0.4 is 11.1 Å². The van der Waals surface area contributed by atoms with E-state index < -0.39 is 0 Å². The van der Waals surface area contributed by atoms with E-state index in [0.29, 0.717) is 18.4 Å². The van der Waals surface area contributed by atoms with Gasteiger partial charge in [-0.15, -0.1) is 12.4 Å². The van der Waals surface area contributed by atoms with Gasteiger partial charge in [-0.25, -0.2) is 0 Å². The molecule has 0 radical (unpaired) electrons. The summed E-state index contributed by atoms with van der Waals surface area (Å²) in [6, 6.07) is 2.14. The van der Waals surface area contributed by atoms with Gasteiger partial charge >= 0.3 is 0 Å². The molecule has 1 aromatic rings. The number of halogens is 1. The molecule has 2 saturated carbocycles. The number of thiophene rings is 1. The molecule has 100 valence electrons. The fourth-order valence-electron chi connectivity index (χ4n) is 3.43. The van der Waals surface area contributed by atoms with Crippen LogP contribution in [0.1, 0.15) is 24.8 Å². The molecule has 3 nitrogen and oxygen atoms in total. The van der Waals surface area contributed by atoms with Crippen LogP contribution in [0, 0.1) is 17.8 Å². The SMILES string of the molecule is Cl.NC1C2CCC(C2)C1C(=O)NCc1ccsc1. The Morgan fingerprint density at radius 2 is 2.22 bits per heavy atom. The van der Waals surface area contributed by atoms with Crippen LogP contribution >= 0.6 is 23.7 Å². The van der Waals surface area contributed by atoms with Crippen molar-refractivity contribution < 1.29 is 4.79 Å². The van der Waals surface area contributed by atoms with Crippen LogP contribution in [0.5, 0.6) is 0 Å². The standard InChI is InChI=1S/C13H18N2OS.ClH/c14-12-10-2-1-9(5-10)11(12)13(16)15-6-8-3-4-17-7-8;/h3-4,7,9-12H,1-2,5-6,14H2,(H,15,16);1H. The highest BCUT2D eigenvalue weighted by molar-refractivity contribution is 7.07. The second-order valence-electron chi connectivity index (χ2n) is 5.29. The molecule has 3 rings (SSSR count). The molecule has 3 N–H and O–H groups in total. The molecule has 18 heavy (non-hydrogen) atoms. The number of hydrogen-bond donors (Lipinski definition) is 2. The number of carbonyl (C=O) groups is 1. The van der Waals surface area contributed by atoms with Gasteiger partial charge in [-0.1, -0.05) is 0 Å². The van der Waals surface area contributed by atoms with Crippen molar-refractivity contribution >= 4 is 29.7 Å². The van der Waals surface area contributed by atoms with Gasteiger partial charge in [0, 0.05) is 12.6 Å². The Morgan fingerprint density at radius 1 is 1.44 bits per heavy atom. The minimum Gasteiger partial charge on any atom is -0.352 e. The van der Waals surface area contributed by atoms with Crippen LogP contribution in [0.4, 0.5) is 0 Å². The molecule has 4 unspecified atom stereocenters. The van der Waals surface area contributed by atoms with Crippen molar-refractivity contribution in [3.63, 3.8) is 0 Å². The molecule has 0 saturated heterocycles. The summed E-state index contributed by atoms with van der Waals surface area (Å²) in [5, 5.41) is 7.13. The third-order valence-corrected chi connectivity index (χ3v) is 5.06. The van der Waals surface area contributed by atoms with Crippen LogP contribution in [0.25, 0.3) is 0 Å². The summed E-state index contributed by atoms with van der Waals surface area (Å²) < 4.78 is 0. The highest BCUT2D eigenvalue weighted by Crippen LogP contribution is 2.47. The number of hydrogen-bond acceptors (Lipinski definition) is 3. The van der Waals surface area contributed by atoms with Crippen LogP contribution in [-0.2, 0) is 11.3 Å². The zero-order valence-electron chi connectivity index (χ0n) is 10.2. The Labute approximate surface area is 118 Å². The third kappa shape index (κ3) is 2.42. The van der Waals surface area contributed by atoms with Crippen molar-refractivity contribution in [1.82, 2.24) is 5.32 Å². The summed E-state index contributed by atoms with van der Waals surface area (Å²) in [6.07, 6.45) is 3.58. The normalized spacial score (nSPS) is 33.2. The maximum Gasteiger partial charge on any atom is 0.225 e. The van der Waals surface area contributed by atoms with E-state index >= 15 is 0 Å². The first-order valence-electron chi connectivity index (χ1n) is 6.30. The van der Waals surface area contributed by atoms with Crippen molar-refractivity contribution in [3.8, 4) is 0 Å². The number of carbonyl (C=O) groups excluding carboxylic acids is 1. The highest BCUT2D eigenvalue weighted by atomic mass is 35.5. The van der Waals surface area contributed by atoms with Gasteiger partial charge < -0.3 is 11.1 Å². The van der Waals surface area contributed by atoms with Gasteiger partial charge in [-0.3, -0.25) is 4.79 Å². The highest BCUT2D eigenvalue weighted by Gasteiger charge is 2.48. The van der Waals surface area contributed by atoms with Gasteiger partial charge in [0.05, 0.1) is 5.92 Å². The van der Waals surface area contributed by atoms with Gasteiger partial charge in [-0.2, -0.15) is 11.3 Å². The fraction of sp³-hybridized carbons (Fsp3) is 0.615. The molecule has 2 aliphatic carbocycles. The second-order valence-corrected chi connectivity index (χ2v) is 6.07. The summed E-state index contributed by atoms with van der Waals surface area (Å²) >= 11 is 1.66. The lowest BCUT2D eigenvalue weighted by Gasteiger charge is -2.26. The van der Waals surface area contributed by atoms with Crippen molar-refractivity contribution in [2.45, 2.75) is 31.8 Å². The zero-order valence-corrected chi connectivity index (χ0v) is 11.8. The van der Waals surface area contributed by atoms with Gasteiger partial charge in [0.2, 0.25) is 5.91 Å². The monoisotopic (exact) mass is 286 g/mol. The second kappa shape index (κ2) is 5.59. The minimum atomic E-state index is 0. The number of rotatable bonds is 3. The van der Waals surface area contributed by atoms with Gasteiger partial charge in [0.1, 0.15) is 0 Å². The minimum absolute atomic E-state index is 0. The van der Waals surface area contributed by atoms with Crippen LogP contribution in [0.2, 0.25) is 0 Å². The molecule has 0 spiro atoms. The zero-order chi connectivity index (χ0) is 11.8. The fourth-order valence-corrected chi connectivity index (χ4v) is 4.09. The van der Waals surface area contributed by atoms with E-state index in [0.717, 1.165) is 6.42 Å². The largest absolute Gasteiger partial charge is 0.352 e. The molecule has 0 aliphatic heterocycles. The van der Waals surface area contributed by atoms with Crippen molar-refractivity contribution in [3.05, 3.63) is 22.4 Å². The van der Waals surface area contributed by atoms with Crippen LogP contribution in [0.15, 0.2) is 16.8 Å². The summed E-state index contributed by atoms with van der Waals surface area (Å²) in [6.45, 7) is 0.642. The van der Waals surface area contributed by atoms with Crippen LogP contribution in [-0.4, -0.2) is 11.9 Å². The van der Waals surface area contributed by atoms with Gasteiger partial charge in [0.25, 0.3) is 0 Å². The molecular weight excluding hydrogens is 268 g/mol. The van der Waals surface area contributed by atoms with Gasteiger partial charge in [0.15, 0.2) is 0 Å². The van der Waals surface area contributed by atoms with E-state index in [-0.39, 0.29) is 30.3 Å². The van der Waals surface area contributed by atoms with E-state index in [4.69, 9.17) is 5.73 Å². The summed E-state index contributed by atoms with van der Waals surface area (Å²) in [5.41, 5.74) is 7.34. The summed E-state index contributed by atoms with van der Waals surface area (Å²) in [5.74, 6) is 1.36. The lowest BCUT2D eigenvalue weighted by Crippen LogP contribution is -2.45. The first-order chi connectivity index (χ1) is 8.25. The molecule has 2 bridgehead atoms. The molecule has 2 fully saturated rings. The molecule has 1 amide bonds. The average Bonchev–Trinajstić information content (AvgIpc) is 3.02. The molecule has 0 aromatic carbocycles. The molecule has 4 atom stereocenters. The Hall–Kier alpha value is -0.580. The first kappa shape index (κ1) is 13.8. The first-order valence-corrected chi connectivity index (χ1v) is 7.24. The molecule has 5 heteroatoms. The van der Waals surface area contributed by atoms with Gasteiger partial charge in [-0.05, 0) is 53.5 Å². The van der Waals surface area contributed by atoms with E-state index in [1.54, 1.807) is 11.3 Å². The Kier molecular flexibility index (Phi) is 4.30. The Morgan fingerprint density at radius 3 is 2.83 bits per heavy atom. The molecule has 1 aromatic heterocycles. The maximum atomic E-state index is 12.2. The number of amides is 1. The van der Waals surface area contributed by atoms with E-state index in [9.17, 15) is 4.79 Å². The number of nitrogens with two attached hydrogens (primary N) is 1. The lowest BCUT2D eigenvalue weighted by atomic mass is 9.84. The third-order valence-electron chi connectivity index (χ3n) is 4.33. The van der Waals surface area contributed by atoms with E-state index in [1.807, 2.05) is 11.4 Å². The summed E-state index contributed by atoms with van der Waals surface area (Å²) in [4.78, 5) is 12.2. The maximum absolute atomic E-state index is 12.2. The van der Waals surface area contributed by atoms with Crippen molar-refractivity contribution in [2.24, 2.45) is 23.5 Å². The predicted octanol–water partition coefficient (Wildman–Crippen LogP) is 2.16. The predicted molar refractivity (Wildman–Crippen MR) is 75.7 cm³/mol. The van der Waals surface area contributed by atoms with Crippen molar-refractivity contribution in [2.75, 3.05) is 0 Å². The average molecular weight is 287 g/mol. The Bertz CT molecular complexity index is 407. The van der Waals surface area contributed by atoms with E-state index in [1.165, 1.54) is 18.4 Å². The quantitative estimate of drug-likeness (QED) is 0.895. The topological polar surface area (TPSA) is 55.1 Å². The number of nitrogens with one attached hydrogen (secondary N) is 1. The van der Waals surface area contributed by atoms with Crippen molar-refractivity contribution in [1.29, 1.82) is 0 Å².